The maximum absolute atomic E-state index is 14.1. The summed E-state index contributed by atoms with van der Waals surface area (Å²) in [5.74, 6) is 0.168. The fraction of sp³-hybridized carbons (Fsp3) is 0.182. The third kappa shape index (κ3) is 3.49. The monoisotopic (exact) mass is 349 g/mol. The van der Waals surface area contributed by atoms with Crippen molar-refractivity contribution in [3.63, 3.8) is 0 Å². The second-order valence-corrected chi connectivity index (χ2v) is 6.67. The van der Waals surface area contributed by atoms with E-state index < -0.39 is 0 Å². The maximum atomic E-state index is 14.1. The number of benzene rings is 2. The highest BCUT2D eigenvalue weighted by molar-refractivity contribution is 5.76. The first kappa shape index (κ1) is 17.8. The summed E-state index contributed by atoms with van der Waals surface area (Å²) in [4.78, 5) is 0. The van der Waals surface area contributed by atoms with Crippen LogP contribution in [-0.4, -0.2) is 6.04 Å². The highest BCUT2D eigenvalue weighted by atomic mass is 19.1. The lowest BCUT2D eigenvalue weighted by molar-refractivity contribution is 0.628. The van der Waals surface area contributed by atoms with E-state index in [0.29, 0.717) is 22.8 Å². The first-order valence-corrected chi connectivity index (χ1v) is 8.61. The van der Waals surface area contributed by atoms with Crippen LogP contribution in [0.4, 0.5) is 10.1 Å². The molecule has 1 atom stereocenters. The maximum Gasteiger partial charge on any atom is 0.146 e. The zero-order valence-electron chi connectivity index (χ0n) is 15.2. The molecule has 0 amide bonds. The molecule has 2 aromatic rings. The number of nitrogens with two attached hydrogens (primary N) is 1. The summed E-state index contributed by atoms with van der Waals surface area (Å²) in [6, 6.07) is 13.1. The Hall–Kier alpha value is -3.01. The predicted octanol–water partition coefficient (Wildman–Crippen LogP) is 4.65. The third-order valence-electron chi connectivity index (χ3n) is 4.82. The second-order valence-electron chi connectivity index (χ2n) is 6.67. The van der Waals surface area contributed by atoms with Crippen LogP contribution in [0.2, 0.25) is 0 Å². The van der Waals surface area contributed by atoms with Gasteiger partial charge in [0.1, 0.15) is 5.82 Å². The zero-order chi connectivity index (χ0) is 18.8. The second kappa shape index (κ2) is 7.08. The Morgan fingerprint density at radius 1 is 1.19 bits per heavy atom. The van der Waals surface area contributed by atoms with Gasteiger partial charge in [0.2, 0.25) is 0 Å². The molecule has 0 heterocycles. The molecule has 0 aromatic heterocycles. The van der Waals surface area contributed by atoms with E-state index in [1.54, 1.807) is 12.1 Å². The number of allylic oxidation sites excluding steroid dienone is 1. The molecule has 0 bridgehead atoms. The Labute approximate surface area is 154 Å². The van der Waals surface area contributed by atoms with Gasteiger partial charge in [-0.05, 0) is 66.3 Å². The van der Waals surface area contributed by atoms with Crippen molar-refractivity contribution in [2.24, 2.45) is 5.73 Å². The van der Waals surface area contributed by atoms with Crippen LogP contribution in [0.1, 0.15) is 30.5 Å². The van der Waals surface area contributed by atoms with Gasteiger partial charge in [0.05, 0.1) is 11.5 Å². The molecule has 2 aromatic carbocycles. The minimum Gasteiger partial charge on any atom is -0.399 e. The van der Waals surface area contributed by atoms with Gasteiger partial charge in [-0.25, -0.2) is 4.39 Å². The van der Waals surface area contributed by atoms with Crippen molar-refractivity contribution in [3.05, 3.63) is 89.5 Å². The molecular formula is C22H24FN3. The molecule has 0 aliphatic heterocycles. The van der Waals surface area contributed by atoms with Gasteiger partial charge >= 0.3 is 0 Å². The lowest BCUT2D eigenvalue weighted by Crippen LogP contribution is -2.30. The summed E-state index contributed by atoms with van der Waals surface area (Å²) in [5, 5.41) is 6.32. The van der Waals surface area contributed by atoms with E-state index in [9.17, 15) is 4.39 Å². The molecule has 1 unspecified atom stereocenters. The standard InChI is InChI=1S/C22H24FN3/c1-13-19-8-6-5-7-18(19)11-20(13)15(3)25-16(4)26-22-12-17(14(2)24)9-10-21(22)23/h5-10,12,15,25-26H,2,4,11,24H2,1,3H3. The number of hydrogen-bond donors (Lipinski definition) is 3. The molecule has 0 saturated heterocycles. The lowest BCUT2D eigenvalue weighted by Gasteiger charge is -2.21. The van der Waals surface area contributed by atoms with Crippen molar-refractivity contribution in [3.8, 4) is 0 Å². The molecule has 4 heteroatoms. The molecule has 0 radical (unpaired) electrons. The van der Waals surface area contributed by atoms with Gasteiger partial charge in [0.15, 0.2) is 0 Å². The summed E-state index contributed by atoms with van der Waals surface area (Å²) in [6.07, 6.45) is 0.917. The van der Waals surface area contributed by atoms with Crippen molar-refractivity contribution in [2.45, 2.75) is 26.3 Å². The van der Waals surface area contributed by atoms with Gasteiger partial charge in [0, 0.05) is 11.7 Å². The van der Waals surface area contributed by atoms with Crippen LogP contribution >= 0.6 is 0 Å². The molecule has 134 valence electrons. The zero-order valence-corrected chi connectivity index (χ0v) is 15.2. The highest BCUT2D eigenvalue weighted by Crippen LogP contribution is 2.34. The molecule has 26 heavy (non-hydrogen) atoms. The van der Waals surface area contributed by atoms with E-state index in [2.05, 4.69) is 61.9 Å². The first-order valence-electron chi connectivity index (χ1n) is 8.61. The Morgan fingerprint density at radius 3 is 2.62 bits per heavy atom. The van der Waals surface area contributed by atoms with E-state index in [0.717, 1.165) is 6.42 Å². The van der Waals surface area contributed by atoms with E-state index in [4.69, 9.17) is 5.73 Å². The Bertz CT molecular complexity index is 911. The Balaban J connectivity index is 1.71. The van der Waals surface area contributed by atoms with Crippen molar-refractivity contribution in [1.29, 1.82) is 0 Å². The summed E-state index contributed by atoms with van der Waals surface area (Å²) >= 11 is 0. The number of hydrogen-bond acceptors (Lipinski definition) is 3. The molecule has 0 spiro atoms. The summed E-state index contributed by atoms with van der Waals surface area (Å²) < 4.78 is 14.1. The highest BCUT2D eigenvalue weighted by Gasteiger charge is 2.22. The summed E-state index contributed by atoms with van der Waals surface area (Å²) in [7, 11) is 0. The van der Waals surface area contributed by atoms with Crippen molar-refractivity contribution >= 4 is 17.0 Å². The largest absolute Gasteiger partial charge is 0.399 e. The SMILES string of the molecule is C=C(Nc1cc(C(=C)N)ccc1F)NC(C)C1=C(C)c2ccccc2C1. The molecule has 3 rings (SSSR count). The van der Waals surface area contributed by atoms with Crippen LogP contribution < -0.4 is 16.4 Å². The number of fused-ring (bicyclic) bond motifs is 1. The number of rotatable bonds is 6. The average Bonchev–Trinajstić information content (AvgIpc) is 2.94. The lowest BCUT2D eigenvalue weighted by atomic mass is 10.0. The van der Waals surface area contributed by atoms with Crippen molar-refractivity contribution in [2.75, 3.05) is 5.32 Å². The average molecular weight is 349 g/mol. The molecule has 1 aliphatic rings. The Kier molecular flexibility index (Phi) is 4.85. The third-order valence-corrected chi connectivity index (χ3v) is 4.82. The number of nitrogens with one attached hydrogen (secondary N) is 2. The summed E-state index contributed by atoms with van der Waals surface area (Å²) in [6.45, 7) is 11.9. The van der Waals surface area contributed by atoms with Crippen LogP contribution in [0.25, 0.3) is 11.3 Å². The van der Waals surface area contributed by atoms with E-state index in [-0.39, 0.29) is 11.9 Å². The Morgan fingerprint density at radius 2 is 1.92 bits per heavy atom. The van der Waals surface area contributed by atoms with Gasteiger partial charge in [-0.2, -0.15) is 0 Å². The molecule has 3 nitrogen and oxygen atoms in total. The first-order chi connectivity index (χ1) is 12.4. The normalized spacial score (nSPS) is 14.0. The molecule has 4 N–H and O–H groups in total. The van der Waals surface area contributed by atoms with Gasteiger partial charge in [-0.1, -0.05) is 37.4 Å². The molecular weight excluding hydrogens is 325 g/mol. The molecule has 0 saturated carbocycles. The fourth-order valence-corrected chi connectivity index (χ4v) is 3.40. The van der Waals surface area contributed by atoms with Gasteiger partial charge in [-0.15, -0.1) is 0 Å². The van der Waals surface area contributed by atoms with Crippen molar-refractivity contribution < 1.29 is 4.39 Å². The topological polar surface area (TPSA) is 50.1 Å². The van der Waals surface area contributed by atoms with Crippen LogP contribution in [-0.2, 0) is 6.42 Å². The van der Waals surface area contributed by atoms with Gasteiger partial charge < -0.3 is 16.4 Å². The fourth-order valence-electron chi connectivity index (χ4n) is 3.40. The van der Waals surface area contributed by atoms with Crippen molar-refractivity contribution in [1.82, 2.24) is 5.32 Å². The number of anilines is 1. The molecule has 1 aliphatic carbocycles. The number of halogens is 1. The van der Waals surface area contributed by atoms with Gasteiger partial charge in [-0.3, -0.25) is 0 Å². The van der Waals surface area contributed by atoms with Crippen LogP contribution in [0.15, 0.2) is 67.0 Å². The van der Waals surface area contributed by atoms with E-state index in [1.807, 2.05) is 0 Å². The van der Waals surface area contributed by atoms with Crippen LogP contribution in [0, 0.1) is 5.82 Å². The van der Waals surface area contributed by atoms with E-state index in [1.165, 1.54) is 28.3 Å². The van der Waals surface area contributed by atoms with Crippen LogP contribution in [0.3, 0.4) is 0 Å². The van der Waals surface area contributed by atoms with Crippen LogP contribution in [0.5, 0.6) is 0 Å². The minimum absolute atomic E-state index is 0.0816. The quantitative estimate of drug-likeness (QED) is 0.712. The smallest absolute Gasteiger partial charge is 0.146 e. The predicted molar refractivity (Wildman–Crippen MR) is 108 cm³/mol. The van der Waals surface area contributed by atoms with Gasteiger partial charge in [0.25, 0.3) is 0 Å². The summed E-state index contributed by atoms with van der Waals surface area (Å²) in [5.41, 5.74) is 12.3. The minimum atomic E-state index is -0.366. The molecule has 0 fully saturated rings. The van der Waals surface area contributed by atoms with E-state index >= 15 is 0 Å².